The Morgan fingerprint density at radius 3 is 2.13 bits per heavy atom. The van der Waals surface area contributed by atoms with E-state index in [4.69, 9.17) is 0 Å². The van der Waals surface area contributed by atoms with E-state index in [-0.39, 0.29) is 18.0 Å². The van der Waals surface area contributed by atoms with Crippen molar-refractivity contribution in [3.05, 3.63) is 47.5 Å². The third-order valence-electron chi connectivity index (χ3n) is 4.67. The van der Waals surface area contributed by atoms with Gasteiger partial charge >= 0.3 is 0 Å². The first-order valence-electron chi connectivity index (χ1n) is 8.72. The lowest BCUT2D eigenvalue weighted by Gasteiger charge is -2.32. The van der Waals surface area contributed by atoms with E-state index in [1.165, 1.54) is 5.56 Å². The molecule has 2 rings (SSSR count). The molecule has 0 aliphatic heterocycles. The average Bonchev–Trinajstić information content (AvgIpc) is 2.52. The summed E-state index contributed by atoms with van der Waals surface area (Å²) < 4.78 is 0. The molecule has 0 fully saturated rings. The van der Waals surface area contributed by atoms with Crippen molar-refractivity contribution < 1.29 is 4.79 Å². The monoisotopic (exact) mass is 311 g/mol. The van der Waals surface area contributed by atoms with Gasteiger partial charge in [-0.15, -0.1) is 0 Å². The van der Waals surface area contributed by atoms with Gasteiger partial charge in [-0.25, -0.2) is 0 Å². The van der Waals surface area contributed by atoms with Gasteiger partial charge in [0.05, 0.1) is 5.56 Å². The van der Waals surface area contributed by atoms with Crippen molar-refractivity contribution in [3.63, 3.8) is 0 Å². The number of amides is 1. The fourth-order valence-corrected chi connectivity index (χ4v) is 3.35. The highest BCUT2D eigenvalue weighted by atomic mass is 16.2. The van der Waals surface area contributed by atoms with Gasteiger partial charge in [0.2, 0.25) is 0 Å². The van der Waals surface area contributed by atoms with Crippen molar-refractivity contribution in [3.8, 4) is 0 Å². The van der Waals surface area contributed by atoms with E-state index in [9.17, 15) is 4.79 Å². The normalized spacial score (nSPS) is 12.9. The minimum Gasteiger partial charge on any atom is -0.334 e. The van der Waals surface area contributed by atoms with E-state index in [1.54, 1.807) is 0 Å². The number of carbonyl (C=O) groups excluding carboxylic acids is 1. The average molecular weight is 311 g/mol. The van der Waals surface area contributed by atoms with Crippen LogP contribution in [-0.2, 0) is 0 Å². The maximum Gasteiger partial charge on any atom is 0.255 e. The number of benzene rings is 2. The van der Waals surface area contributed by atoms with Gasteiger partial charge in [0.25, 0.3) is 5.91 Å². The van der Waals surface area contributed by atoms with Gasteiger partial charge in [-0.1, -0.05) is 50.2 Å². The molecule has 2 nitrogen and oxygen atoms in total. The molecule has 0 radical (unpaired) electrons. The predicted octanol–water partition coefficient (Wildman–Crippen LogP) is 5.61. The Bertz CT molecular complexity index is 679. The Morgan fingerprint density at radius 1 is 0.957 bits per heavy atom. The fourth-order valence-electron chi connectivity index (χ4n) is 3.35. The molecule has 0 heterocycles. The molecule has 0 saturated heterocycles. The summed E-state index contributed by atoms with van der Waals surface area (Å²) in [6.07, 6.45) is 1.03. The first-order chi connectivity index (χ1) is 10.9. The van der Waals surface area contributed by atoms with Crippen LogP contribution in [0.2, 0.25) is 0 Å². The molecule has 2 heteroatoms. The van der Waals surface area contributed by atoms with E-state index >= 15 is 0 Å². The first kappa shape index (κ1) is 17.5. The summed E-state index contributed by atoms with van der Waals surface area (Å²) in [6, 6.07) is 12.9. The van der Waals surface area contributed by atoms with Gasteiger partial charge in [0.15, 0.2) is 0 Å². The van der Waals surface area contributed by atoms with Crippen LogP contribution in [0, 0.1) is 0 Å². The molecular formula is C21H29NO. The Morgan fingerprint density at radius 2 is 1.57 bits per heavy atom. The van der Waals surface area contributed by atoms with Gasteiger partial charge in [0, 0.05) is 12.1 Å². The number of carbonyl (C=O) groups is 1. The van der Waals surface area contributed by atoms with Gasteiger partial charge in [-0.05, 0) is 56.4 Å². The maximum absolute atomic E-state index is 13.4. The second kappa shape index (κ2) is 7.16. The number of rotatable bonds is 5. The SMILES string of the molecule is CCC(C)c1ccc2ccccc2c1C(=O)N(C(C)C)C(C)C. The van der Waals surface area contributed by atoms with Crippen LogP contribution in [0.5, 0.6) is 0 Å². The highest BCUT2D eigenvalue weighted by molar-refractivity contribution is 6.08. The van der Waals surface area contributed by atoms with Crippen molar-refractivity contribution in [2.75, 3.05) is 0 Å². The van der Waals surface area contributed by atoms with Crippen LogP contribution in [0.3, 0.4) is 0 Å². The smallest absolute Gasteiger partial charge is 0.255 e. The molecule has 23 heavy (non-hydrogen) atoms. The highest BCUT2D eigenvalue weighted by Gasteiger charge is 2.26. The Hall–Kier alpha value is -1.83. The first-order valence-corrected chi connectivity index (χ1v) is 8.72. The predicted molar refractivity (Wildman–Crippen MR) is 99.1 cm³/mol. The van der Waals surface area contributed by atoms with Gasteiger partial charge < -0.3 is 4.90 Å². The molecule has 0 bridgehead atoms. The second-order valence-electron chi connectivity index (χ2n) is 6.96. The Labute approximate surface area is 140 Å². The standard InChI is InChI=1S/C21H29NO/c1-7-16(6)18-13-12-17-10-8-9-11-19(17)20(18)21(23)22(14(2)3)15(4)5/h8-16H,7H2,1-6H3. The molecule has 2 aromatic rings. The summed E-state index contributed by atoms with van der Waals surface area (Å²) in [5.41, 5.74) is 2.06. The third kappa shape index (κ3) is 3.41. The lowest BCUT2D eigenvalue weighted by atomic mass is 9.89. The van der Waals surface area contributed by atoms with Crippen molar-refractivity contribution in [2.45, 2.75) is 66.0 Å². The summed E-state index contributed by atoms with van der Waals surface area (Å²) in [4.78, 5) is 15.4. The van der Waals surface area contributed by atoms with Crippen LogP contribution in [0.1, 0.15) is 69.8 Å². The quantitative estimate of drug-likeness (QED) is 0.702. The summed E-state index contributed by atoms with van der Waals surface area (Å²) in [5, 5.41) is 2.21. The third-order valence-corrected chi connectivity index (χ3v) is 4.67. The molecule has 1 unspecified atom stereocenters. The van der Waals surface area contributed by atoms with Crippen molar-refractivity contribution >= 4 is 16.7 Å². The summed E-state index contributed by atoms with van der Waals surface area (Å²) in [7, 11) is 0. The number of hydrogen-bond donors (Lipinski definition) is 0. The molecule has 0 aliphatic rings. The Balaban J connectivity index is 2.71. The highest BCUT2D eigenvalue weighted by Crippen LogP contribution is 2.31. The van der Waals surface area contributed by atoms with E-state index in [1.807, 2.05) is 17.0 Å². The van der Waals surface area contributed by atoms with Crippen molar-refractivity contribution in [1.29, 1.82) is 0 Å². The van der Waals surface area contributed by atoms with Gasteiger partial charge in [-0.3, -0.25) is 4.79 Å². The summed E-state index contributed by atoms with van der Waals surface area (Å²) >= 11 is 0. The van der Waals surface area contributed by atoms with Crippen LogP contribution >= 0.6 is 0 Å². The molecular weight excluding hydrogens is 282 g/mol. The zero-order chi connectivity index (χ0) is 17.1. The maximum atomic E-state index is 13.4. The summed E-state index contributed by atoms with van der Waals surface area (Å²) in [5.74, 6) is 0.529. The topological polar surface area (TPSA) is 20.3 Å². The van der Waals surface area contributed by atoms with Crippen LogP contribution in [0.15, 0.2) is 36.4 Å². The molecule has 0 aromatic heterocycles. The zero-order valence-electron chi connectivity index (χ0n) is 15.3. The molecule has 0 spiro atoms. The van der Waals surface area contributed by atoms with Crippen LogP contribution < -0.4 is 0 Å². The van der Waals surface area contributed by atoms with E-state index in [0.717, 1.165) is 22.8 Å². The minimum absolute atomic E-state index is 0.155. The molecule has 1 amide bonds. The molecule has 0 saturated carbocycles. The Kier molecular flexibility index (Phi) is 5.46. The van der Waals surface area contributed by atoms with Crippen LogP contribution in [0.25, 0.3) is 10.8 Å². The lowest BCUT2D eigenvalue weighted by Crippen LogP contribution is -2.42. The molecule has 1 atom stereocenters. The lowest BCUT2D eigenvalue weighted by molar-refractivity contribution is 0.0644. The molecule has 124 valence electrons. The number of nitrogens with zero attached hydrogens (tertiary/aromatic N) is 1. The zero-order valence-corrected chi connectivity index (χ0v) is 15.3. The fraction of sp³-hybridized carbons (Fsp3) is 0.476. The van der Waals surface area contributed by atoms with Crippen LogP contribution in [0.4, 0.5) is 0 Å². The largest absolute Gasteiger partial charge is 0.334 e. The number of fused-ring (bicyclic) bond motifs is 1. The second-order valence-corrected chi connectivity index (χ2v) is 6.96. The van der Waals surface area contributed by atoms with E-state index < -0.39 is 0 Å². The van der Waals surface area contributed by atoms with Gasteiger partial charge in [-0.2, -0.15) is 0 Å². The molecule has 0 aliphatic carbocycles. The van der Waals surface area contributed by atoms with Gasteiger partial charge in [0.1, 0.15) is 0 Å². The molecule has 2 aromatic carbocycles. The van der Waals surface area contributed by atoms with Crippen molar-refractivity contribution in [2.24, 2.45) is 0 Å². The van der Waals surface area contributed by atoms with Crippen LogP contribution in [-0.4, -0.2) is 22.9 Å². The van der Waals surface area contributed by atoms with Crippen molar-refractivity contribution in [1.82, 2.24) is 4.90 Å². The van der Waals surface area contributed by atoms with E-state index in [2.05, 4.69) is 65.8 Å². The molecule has 0 N–H and O–H groups in total. The summed E-state index contributed by atoms with van der Waals surface area (Å²) in [6.45, 7) is 12.7. The number of hydrogen-bond acceptors (Lipinski definition) is 1. The minimum atomic E-state index is 0.155. The van der Waals surface area contributed by atoms with E-state index in [0.29, 0.717) is 5.92 Å².